The number of Topliss-reactive ketones (excluding diaryl/α,β-unsaturated/α-hetero) is 1. The van der Waals surface area contributed by atoms with Crippen molar-refractivity contribution in [2.75, 3.05) is 6.26 Å². The molecule has 0 saturated carbocycles. The molecule has 1 heterocycles. The maximum absolute atomic E-state index is 12.6. The largest absolute Gasteiger partial charge is 0.294 e. The summed E-state index contributed by atoms with van der Waals surface area (Å²) >= 11 is 1.43. The third-order valence-electron chi connectivity index (χ3n) is 3.39. The van der Waals surface area contributed by atoms with Gasteiger partial charge in [0, 0.05) is 17.7 Å². The topological polar surface area (TPSA) is 53.8 Å². The summed E-state index contributed by atoms with van der Waals surface area (Å²) in [6.07, 6.45) is 2.21. The molecule has 0 atom stereocenters. The highest BCUT2D eigenvalue weighted by Gasteiger charge is 2.19. The molecule has 0 N–H and O–H groups in total. The van der Waals surface area contributed by atoms with Crippen LogP contribution in [0.1, 0.15) is 32.7 Å². The van der Waals surface area contributed by atoms with Gasteiger partial charge in [-0.05, 0) is 31.2 Å². The molecule has 0 unspecified atom stereocenters. The van der Waals surface area contributed by atoms with Gasteiger partial charge in [-0.1, -0.05) is 30.3 Å². The standard InChI is InChI=1S/C17H16N2OS/c1-11-14(10-18)17(21-3)19-12(2)16(11)15(20)9-13-7-5-4-6-8-13/h4-8H,9H2,1-3H3. The first-order chi connectivity index (χ1) is 10.1. The van der Waals surface area contributed by atoms with Crippen LogP contribution in [0.4, 0.5) is 0 Å². The lowest BCUT2D eigenvalue weighted by Gasteiger charge is -2.12. The van der Waals surface area contributed by atoms with E-state index in [0.717, 1.165) is 11.1 Å². The fourth-order valence-corrected chi connectivity index (χ4v) is 3.01. The van der Waals surface area contributed by atoms with Crippen LogP contribution in [0.5, 0.6) is 0 Å². The first-order valence-corrected chi connectivity index (χ1v) is 7.83. The molecule has 0 spiro atoms. The van der Waals surface area contributed by atoms with Crippen LogP contribution in [-0.2, 0) is 6.42 Å². The van der Waals surface area contributed by atoms with Gasteiger partial charge >= 0.3 is 0 Å². The van der Waals surface area contributed by atoms with Gasteiger partial charge in [0.05, 0.1) is 5.56 Å². The summed E-state index contributed by atoms with van der Waals surface area (Å²) in [4.78, 5) is 17.0. The molecule has 4 heteroatoms. The van der Waals surface area contributed by atoms with Gasteiger partial charge in [-0.25, -0.2) is 4.98 Å². The molecule has 1 aromatic heterocycles. The average Bonchev–Trinajstić information content (AvgIpc) is 2.47. The summed E-state index contributed by atoms with van der Waals surface area (Å²) in [7, 11) is 0. The molecule has 0 radical (unpaired) electrons. The Morgan fingerprint density at radius 1 is 1.29 bits per heavy atom. The molecule has 0 bridgehead atoms. The molecule has 2 aromatic rings. The van der Waals surface area contributed by atoms with Crippen molar-refractivity contribution < 1.29 is 4.79 Å². The monoisotopic (exact) mass is 296 g/mol. The Labute approximate surface area is 129 Å². The van der Waals surface area contributed by atoms with E-state index in [9.17, 15) is 10.1 Å². The smallest absolute Gasteiger partial charge is 0.169 e. The number of nitriles is 1. The molecule has 0 amide bonds. The zero-order valence-corrected chi connectivity index (χ0v) is 13.1. The number of nitrogens with zero attached hydrogens (tertiary/aromatic N) is 2. The van der Waals surface area contributed by atoms with E-state index >= 15 is 0 Å². The molecule has 1 aromatic carbocycles. The number of carbonyl (C=O) groups is 1. The van der Waals surface area contributed by atoms with E-state index in [2.05, 4.69) is 11.1 Å². The molecule has 106 valence electrons. The molecule has 0 aliphatic rings. The highest BCUT2D eigenvalue weighted by Crippen LogP contribution is 2.26. The van der Waals surface area contributed by atoms with Crippen LogP contribution in [0.25, 0.3) is 0 Å². The first kappa shape index (κ1) is 15.3. The molecule has 0 aliphatic heterocycles. The number of aryl methyl sites for hydroxylation is 1. The minimum Gasteiger partial charge on any atom is -0.294 e. The lowest BCUT2D eigenvalue weighted by molar-refractivity contribution is 0.0991. The highest BCUT2D eigenvalue weighted by molar-refractivity contribution is 7.98. The number of aromatic nitrogens is 1. The Balaban J connectivity index is 2.45. The number of hydrogen-bond donors (Lipinski definition) is 0. The zero-order valence-electron chi connectivity index (χ0n) is 12.3. The van der Waals surface area contributed by atoms with Gasteiger partial charge in [-0.3, -0.25) is 4.79 Å². The number of benzene rings is 1. The van der Waals surface area contributed by atoms with Crippen LogP contribution < -0.4 is 0 Å². The average molecular weight is 296 g/mol. The van der Waals surface area contributed by atoms with Crippen LogP contribution in [-0.4, -0.2) is 17.0 Å². The Bertz CT molecular complexity index is 718. The number of ketones is 1. The number of carbonyl (C=O) groups excluding carboxylic acids is 1. The predicted molar refractivity (Wildman–Crippen MR) is 84.7 cm³/mol. The van der Waals surface area contributed by atoms with E-state index in [4.69, 9.17) is 0 Å². The van der Waals surface area contributed by atoms with Crippen molar-refractivity contribution in [3.8, 4) is 6.07 Å². The minimum absolute atomic E-state index is 0.00727. The van der Waals surface area contributed by atoms with Gasteiger partial charge in [0.15, 0.2) is 5.78 Å². The summed E-state index contributed by atoms with van der Waals surface area (Å²) in [5.41, 5.74) is 3.47. The van der Waals surface area contributed by atoms with Crippen molar-refractivity contribution in [3.05, 3.63) is 58.3 Å². The fraction of sp³-hybridized carbons (Fsp3) is 0.235. The van der Waals surface area contributed by atoms with Gasteiger partial charge in [0.1, 0.15) is 11.1 Å². The highest BCUT2D eigenvalue weighted by atomic mass is 32.2. The van der Waals surface area contributed by atoms with Crippen molar-refractivity contribution >= 4 is 17.5 Å². The zero-order chi connectivity index (χ0) is 15.4. The second kappa shape index (κ2) is 6.55. The molecule has 0 saturated heterocycles. The maximum Gasteiger partial charge on any atom is 0.169 e. The molecule has 2 rings (SSSR count). The molecule has 3 nitrogen and oxygen atoms in total. The third kappa shape index (κ3) is 3.14. The summed E-state index contributed by atoms with van der Waals surface area (Å²) in [5, 5.41) is 9.99. The normalized spacial score (nSPS) is 10.2. The van der Waals surface area contributed by atoms with Gasteiger partial charge in [-0.15, -0.1) is 11.8 Å². The Morgan fingerprint density at radius 3 is 2.52 bits per heavy atom. The number of hydrogen-bond acceptors (Lipinski definition) is 4. The predicted octanol–water partition coefficient (Wildman–Crippen LogP) is 3.72. The number of rotatable bonds is 4. The summed E-state index contributed by atoms with van der Waals surface area (Å²) < 4.78 is 0. The first-order valence-electron chi connectivity index (χ1n) is 6.61. The van der Waals surface area contributed by atoms with E-state index in [1.807, 2.05) is 50.4 Å². The Kier molecular flexibility index (Phi) is 4.77. The maximum atomic E-state index is 12.6. The van der Waals surface area contributed by atoms with Crippen molar-refractivity contribution in [2.24, 2.45) is 0 Å². The van der Waals surface area contributed by atoms with Crippen molar-refractivity contribution in [2.45, 2.75) is 25.3 Å². The van der Waals surface area contributed by atoms with E-state index in [1.54, 1.807) is 0 Å². The molecular formula is C17H16N2OS. The minimum atomic E-state index is 0.00727. The van der Waals surface area contributed by atoms with Crippen molar-refractivity contribution in [1.29, 1.82) is 5.26 Å². The van der Waals surface area contributed by atoms with Gasteiger partial charge in [0.25, 0.3) is 0 Å². The van der Waals surface area contributed by atoms with Gasteiger partial charge in [-0.2, -0.15) is 5.26 Å². The van der Waals surface area contributed by atoms with Crippen molar-refractivity contribution in [1.82, 2.24) is 4.98 Å². The SMILES string of the molecule is CSc1nc(C)c(C(=O)Cc2ccccc2)c(C)c1C#N. The molecular weight excluding hydrogens is 280 g/mol. The Hall–Kier alpha value is -2.12. The molecule has 0 fully saturated rings. The van der Waals surface area contributed by atoms with Crippen LogP contribution in [0, 0.1) is 25.2 Å². The van der Waals surface area contributed by atoms with Crippen LogP contribution in [0.2, 0.25) is 0 Å². The summed E-state index contributed by atoms with van der Waals surface area (Å²) in [5.74, 6) is 0.00727. The second-order valence-electron chi connectivity index (χ2n) is 4.78. The van der Waals surface area contributed by atoms with Gasteiger partial charge in [0.2, 0.25) is 0 Å². The lowest BCUT2D eigenvalue weighted by atomic mass is 9.96. The van der Waals surface area contributed by atoms with E-state index in [0.29, 0.717) is 28.3 Å². The summed E-state index contributed by atoms with van der Waals surface area (Å²) in [6, 6.07) is 11.8. The van der Waals surface area contributed by atoms with Crippen LogP contribution in [0.15, 0.2) is 35.4 Å². The van der Waals surface area contributed by atoms with Crippen molar-refractivity contribution in [3.63, 3.8) is 0 Å². The van der Waals surface area contributed by atoms with Gasteiger partial charge < -0.3 is 0 Å². The Morgan fingerprint density at radius 2 is 1.95 bits per heavy atom. The van der Waals surface area contributed by atoms with Crippen LogP contribution in [0.3, 0.4) is 0 Å². The van der Waals surface area contributed by atoms with E-state index in [1.165, 1.54) is 11.8 Å². The summed E-state index contributed by atoms with van der Waals surface area (Å²) in [6.45, 7) is 3.65. The molecule has 21 heavy (non-hydrogen) atoms. The second-order valence-corrected chi connectivity index (χ2v) is 5.57. The number of thioether (sulfide) groups is 1. The lowest BCUT2D eigenvalue weighted by Crippen LogP contribution is -2.11. The molecule has 0 aliphatic carbocycles. The van der Waals surface area contributed by atoms with Crippen LogP contribution >= 0.6 is 11.8 Å². The number of pyridine rings is 1. The third-order valence-corrected chi connectivity index (χ3v) is 4.07. The fourth-order valence-electron chi connectivity index (χ4n) is 2.38. The van der Waals surface area contributed by atoms with E-state index in [-0.39, 0.29) is 5.78 Å². The quantitative estimate of drug-likeness (QED) is 0.637. The van der Waals surface area contributed by atoms with E-state index < -0.39 is 0 Å².